The van der Waals surface area contributed by atoms with Gasteiger partial charge in [0.25, 0.3) is 0 Å². The Bertz CT molecular complexity index is 772. The van der Waals surface area contributed by atoms with Crippen LogP contribution in [0.25, 0.3) is 0 Å². The zero-order valence-electron chi connectivity index (χ0n) is 16.3. The molecule has 0 aromatic carbocycles. The highest BCUT2D eigenvalue weighted by molar-refractivity contribution is 5.54. The van der Waals surface area contributed by atoms with E-state index in [0.29, 0.717) is 0 Å². The van der Waals surface area contributed by atoms with Crippen LogP contribution in [-0.4, -0.2) is 47.2 Å². The molecular formula is C21H29N5O. The SMILES string of the molecule is CN(C)c1nc2c(c(N3CCC(C(O)c4ccccn4)CC3)n1)CCCC2. The summed E-state index contributed by atoms with van der Waals surface area (Å²) in [5, 5.41) is 10.7. The molecule has 0 amide bonds. The first kappa shape index (κ1) is 18.2. The second-order valence-electron chi connectivity index (χ2n) is 7.90. The summed E-state index contributed by atoms with van der Waals surface area (Å²) in [4.78, 5) is 18.4. The van der Waals surface area contributed by atoms with Gasteiger partial charge < -0.3 is 14.9 Å². The van der Waals surface area contributed by atoms with Crippen molar-refractivity contribution in [3.63, 3.8) is 0 Å². The van der Waals surface area contributed by atoms with Gasteiger partial charge in [-0.15, -0.1) is 0 Å². The number of fused-ring (bicyclic) bond motifs is 1. The van der Waals surface area contributed by atoms with Gasteiger partial charge in [0.05, 0.1) is 17.5 Å². The van der Waals surface area contributed by atoms with Crippen molar-refractivity contribution in [2.75, 3.05) is 37.0 Å². The van der Waals surface area contributed by atoms with Gasteiger partial charge in [0.2, 0.25) is 5.95 Å². The molecule has 0 bridgehead atoms. The lowest BCUT2D eigenvalue weighted by Crippen LogP contribution is -2.37. The quantitative estimate of drug-likeness (QED) is 0.896. The first-order valence-corrected chi connectivity index (χ1v) is 10.0. The smallest absolute Gasteiger partial charge is 0.227 e. The summed E-state index contributed by atoms with van der Waals surface area (Å²) < 4.78 is 0. The molecule has 2 aliphatic rings. The van der Waals surface area contributed by atoms with Crippen LogP contribution in [0.5, 0.6) is 0 Å². The molecule has 0 radical (unpaired) electrons. The number of aliphatic hydroxyl groups excluding tert-OH is 1. The summed E-state index contributed by atoms with van der Waals surface area (Å²) in [5.74, 6) is 2.18. The Hall–Kier alpha value is -2.21. The van der Waals surface area contributed by atoms with E-state index >= 15 is 0 Å². The van der Waals surface area contributed by atoms with Gasteiger partial charge in [0.15, 0.2) is 0 Å². The molecule has 2 aromatic heterocycles. The molecule has 0 spiro atoms. The molecule has 1 aliphatic carbocycles. The van der Waals surface area contributed by atoms with Crippen molar-refractivity contribution in [3.05, 3.63) is 41.3 Å². The number of aryl methyl sites for hydroxylation is 1. The number of anilines is 2. The maximum atomic E-state index is 10.7. The Morgan fingerprint density at radius 2 is 1.89 bits per heavy atom. The summed E-state index contributed by atoms with van der Waals surface area (Å²) in [6, 6.07) is 5.75. The van der Waals surface area contributed by atoms with Gasteiger partial charge in [-0.25, -0.2) is 4.98 Å². The van der Waals surface area contributed by atoms with Crippen molar-refractivity contribution < 1.29 is 5.11 Å². The van der Waals surface area contributed by atoms with E-state index in [2.05, 4.69) is 9.88 Å². The molecule has 1 saturated heterocycles. The van der Waals surface area contributed by atoms with Crippen molar-refractivity contribution in [1.29, 1.82) is 0 Å². The van der Waals surface area contributed by atoms with Crippen LogP contribution in [0.3, 0.4) is 0 Å². The number of hydrogen-bond donors (Lipinski definition) is 1. The van der Waals surface area contributed by atoms with Gasteiger partial charge in [-0.05, 0) is 56.6 Å². The van der Waals surface area contributed by atoms with Crippen LogP contribution in [-0.2, 0) is 12.8 Å². The van der Waals surface area contributed by atoms with Crippen LogP contribution in [0.15, 0.2) is 24.4 Å². The summed E-state index contributed by atoms with van der Waals surface area (Å²) in [6.45, 7) is 1.84. The molecule has 27 heavy (non-hydrogen) atoms. The van der Waals surface area contributed by atoms with E-state index < -0.39 is 6.10 Å². The van der Waals surface area contributed by atoms with Gasteiger partial charge in [0.1, 0.15) is 5.82 Å². The molecule has 1 atom stereocenters. The minimum atomic E-state index is -0.481. The molecule has 144 valence electrons. The average Bonchev–Trinajstić information content (AvgIpc) is 2.73. The van der Waals surface area contributed by atoms with Crippen LogP contribution in [0, 0.1) is 5.92 Å². The second kappa shape index (κ2) is 7.80. The summed E-state index contributed by atoms with van der Waals surface area (Å²) >= 11 is 0. The summed E-state index contributed by atoms with van der Waals surface area (Å²) in [6.07, 6.45) is 7.75. The van der Waals surface area contributed by atoms with Crippen LogP contribution in [0.4, 0.5) is 11.8 Å². The summed E-state index contributed by atoms with van der Waals surface area (Å²) in [7, 11) is 4.01. The van der Waals surface area contributed by atoms with Gasteiger partial charge in [-0.2, -0.15) is 4.98 Å². The highest BCUT2D eigenvalue weighted by atomic mass is 16.3. The van der Waals surface area contributed by atoms with E-state index in [4.69, 9.17) is 9.97 Å². The lowest BCUT2D eigenvalue weighted by Gasteiger charge is -2.36. The Morgan fingerprint density at radius 3 is 2.59 bits per heavy atom. The molecule has 2 aromatic rings. The third-order valence-electron chi connectivity index (χ3n) is 5.83. The molecule has 1 unspecified atom stereocenters. The zero-order chi connectivity index (χ0) is 18.8. The van der Waals surface area contributed by atoms with Gasteiger partial charge >= 0.3 is 0 Å². The van der Waals surface area contributed by atoms with Crippen LogP contribution in [0.2, 0.25) is 0 Å². The van der Waals surface area contributed by atoms with Gasteiger partial charge in [-0.3, -0.25) is 4.98 Å². The maximum Gasteiger partial charge on any atom is 0.227 e. The van der Waals surface area contributed by atoms with Gasteiger partial charge in [0, 0.05) is 38.9 Å². The first-order chi connectivity index (χ1) is 13.1. The molecule has 1 aliphatic heterocycles. The predicted octanol–water partition coefficient (Wildman–Crippen LogP) is 2.77. The van der Waals surface area contributed by atoms with Crippen LogP contribution >= 0.6 is 0 Å². The zero-order valence-corrected chi connectivity index (χ0v) is 16.3. The fourth-order valence-corrected chi connectivity index (χ4v) is 4.24. The number of hydrogen-bond acceptors (Lipinski definition) is 6. The molecule has 4 rings (SSSR count). The lowest BCUT2D eigenvalue weighted by molar-refractivity contribution is 0.0890. The number of pyridine rings is 1. The van der Waals surface area contributed by atoms with Crippen molar-refractivity contribution in [3.8, 4) is 0 Å². The lowest BCUT2D eigenvalue weighted by atomic mass is 9.88. The standard InChI is InChI=1S/C21H29N5O/c1-25(2)21-23-17-8-4-3-7-16(17)20(24-21)26-13-10-15(11-14-26)19(27)18-9-5-6-12-22-18/h5-6,9,12,15,19,27H,3-4,7-8,10-11,13-14H2,1-2H3. The van der Waals surface area contributed by atoms with Crippen molar-refractivity contribution in [1.82, 2.24) is 15.0 Å². The Labute approximate surface area is 161 Å². The van der Waals surface area contributed by atoms with Gasteiger partial charge in [-0.1, -0.05) is 6.07 Å². The van der Waals surface area contributed by atoms with Crippen molar-refractivity contribution >= 4 is 11.8 Å². The number of rotatable bonds is 4. The van der Waals surface area contributed by atoms with Crippen LogP contribution in [0.1, 0.15) is 48.7 Å². The van der Waals surface area contributed by atoms with E-state index in [1.807, 2.05) is 37.2 Å². The Morgan fingerprint density at radius 1 is 1.11 bits per heavy atom. The monoisotopic (exact) mass is 367 g/mol. The molecular weight excluding hydrogens is 338 g/mol. The third-order valence-corrected chi connectivity index (χ3v) is 5.83. The van der Waals surface area contributed by atoms with Crippen molar-refractivity contribution in [2.24, 2.45) is 5.92 Å². The number of aromatic nitrogens is 3. The normalized spacial score (nSPS) is 18.9. The number of nitrogens with zero attached hydrogens (tertiary/aromatic N) is 5. The number of piperidine rings is 1. The number of aliphatic hydroxyl groups is 1. The average molecular weight is 367 g/mol. The predicted molar refractivity (Wildman–Crippen MR) is 107 cm³/mol. The topological polar surface area (TPSA) is 65.4 Å². The highest BCUT2D eigenvalue weighted by Gasteiger charge is 2.30. The molecule has 6 heteroatoms. The maximum absolute atomic E-state index is 10.7. The van der Waals surface area contributed by atoms with E-state index in [0.717, 1.165) is 56.2 Å². The largest absolute Gasteiger partial charge is 0.387 e. The minimum absolute atomic E-state index is 0.252. The van der Waals surface area contributed by atoms with E-state index in [1.54, 1.807) is 6.20 Å². The Kier molecular flexibility index (Phi) is 5.25. The molecule has 1 fully saturated rings. The first-order valence-electron chi connectivity index (χ1n) is 10.0. The second-order valence-corrected chi connectivity index (χ2v) is 7.90. The van der Waals surface area contributed by atoms with Crippen molar-refractivity contribution in [2.45, 2.75) is 44.6 Å². The fraction of sp³-hybridized carbons (Fsp3) is 0.571. The molecule has 6 nitrogen and oxygen atoms in total. The van der Waals surface area contributed by atoms with E-state index in [-0.39, 0.29) is 5.92 Å². The van der Waals surface area contributed by atoms with E-state index in [1.165, 1.54) is 24.1 Å². The summed E-state index contributed by atoms with van der Waals surface area (Å²) in [5.41, 5.74) is 3.35. The molecule has 3 heterocycles. The molecule has 0 saturated carbocycles. The fourth-order valence-electron chi connectivity index (χ4n) is 4.24. The Balaban J connectivity index is 1.52. The van der Waals surface area contributed by atoms with E-state index in [9.17, 15) is 5.11 Å². The highest BCUT2D eigenvalue weighted by Crippen LogP contribution is 2.35. The minimum Gasteiger partial charge on any atom is -0.387 e. The molecule has 1 N–H and O–H groups in total. The third kappa shape index (κ3) is 3.76. The van der Waals surface area contributed by atoms with Crippen LogP contribution < -0.4 is 9.80 Å².